The molecule has 0 heterocycles. The second-order valence-electron chi connectivity index (χ2n) is 7.94. The standard InChI is InChI=1S/C21H33N3O2/c1-14-9-6-7-12-18(14)22-21(26)17(4)24(5)13-19(25)23-20-15(2)10-8-11-16(20)3/h8,10-11,14,17-18H,6-7,9,12-13H2,1-5H3,(H,22,26)(H,23,25)/p+1/t14-,17+,18+/m0/s1. The maximum Gasteiger partial charge on any atom is 0.279 e. The molecule has 0 radical (unpaired) electrons. The molecule has 144 valence electrons. The maximum atomic E-state index is 12.6. The molecule has 1 unspecified atom stereocenters. The Bertz CT molecular complexity index is 624. The SMILES string of the molecule is Cc1cccc(C)c1NC(=O)C[NH+](C)[C@H](C)C(=O)N[C@@H]1CCCC[C@@H]1C. The summed E-state index contributed by atoms with van der Waals surface area (Å²) in [6.45, 7) is 8.34. The molecule has 3 N–H and O–H groups in total. The largest absolute Gasteiger partial charge is 0.348 e. The number of nitrogens with one attached hydrogen (secondary N) is 3. The van der Waals surface area contributed by atoms with Crippen molar-refractivity contribution in [1.82, 2.24) is 5.32 Å². The number of aryl methyl sites for hydroxylation is 2. The Balaban J connectivity index is 1.88. The third kappa shape index (κ3) is 5.31. The van der Waals surface area contributed by atoms with Crippen LogP contribution < -0.4 is 15.5 Å². The maximum absolute atomic E-state index is 12.6. The molecule has 2 amide bonds. The summed E-state index contributed by atoms with van der Waals surface area (Å²) in [4.78, 5) is 25.9. The average molecular weight is 361 g/mol. The van der Waals surface area contributed by atoms with Crippen molar-refractivity contribution in [2.45, 2.75) is 65.5 Å². The molecule has 1 saturated carbocycles. The van der Waals surface area contributed by atoms with Crippen LogP contribution in [0.1, 0.15) is 50.7 Å². The van der Waals surface area contributed by atoms with E-state index in [9.17, 15) is 9.59 Å². The van der Waals surface area contributed by atoms with Gasteiger partial charge < -0.3 is 15.5 Å². The summed E-state index contributed by atoms with van der Waals surface area (Å²) < 4.78 is 0. The topological polar surface area (TPSA) is 62.6 Å². The fourth-order valence-electron chi connectivity index (χ4n) is 3.66. The third-order valence-electron chi connectivity index (χ3n) is 5.76. The normalized spacial score (nSPS) is 22.3. The Morgan fingerprint density at radius 1 is 1.19 bits per heavy atom. The van der Waals surface area contributed by atoms with Gasteiger partial charge in [-0.25, -0.2) is 0 Å². The number of amides is 2. The highest BCUT2D eigenvalue weighted by molar-refractivity contribution is 5.93. The molecule has 0 bridgehead atoms. The smallest absolute Gasteiger partial charge is 0.279 e. The molecular weight excluding hydrogens is 326 g/mol. The zero-order valence-corrected chi connectivity index (χ0v) is 16.8. The number of benzene rings is 1. The van der Waals surface area contributed by atoms with Gasteiger partial charge in [0.1, 0.15) is 0 Å². The second kappa shape index (κ2) is 9.17. The first-order chi connectivity index (χ1) is 12.3. The van der Waals surface area contributed by atoms with Crippen LogP contribution in [0.15, 0.2) is 18.2 Å². The molecule has 0 aliphatic heterocycles. The number of hydrogen-bond donors (Lipinski definition) is 3. The van der Waals surface area contributed by atoms with E-state index in [1.165, 1.54) is 19.3 Å². The van der Waals surface area contributed by atoms with E-state index in [0.717, 1.165) is 28.1 Å². The second-order valence-corrected chi connectivity index (χ2v) is 7.94. The summed E-state index contributed by atoms with van der Waals surface area (Å²) in [6.07, 6.45) is 4.68. The number of hydrogen-bond acceptors (Lipinski definition) is 2. The summed E-state index contributed by atoms with van der Waals surface area (Å²) in [6, 6.07) is 5.97. The highest BCUT2D eigenvalue weighted by Crippen LogP contribution is 2.23. The number of anilines is 1. The highest BCUT2D eigenvalue weighted by atomic mass is 16.2. The minimum atomic E-state index is -0.257. The van der Waals surface area contributed by atoms with Crippen LogP contribution in [0, 0.1) is 19.8 Å². The Hall–Kier alpha value is -1.88. The number of carbonyl (C=O) groups is 2. The molecule has 1 aromatic rings. The van der Waals surface area contributed by atoms with Gasteiger partial charge in [0.15, 0.2) is 12.6 Å². The fraction of sp³-hybridized carbons (Fsp3) is 0.619. The molecule has 2 rings (SSSR count). The molecule has 1 aromatic carbocycles. The van der Waals surface area contributed by atoms with Gasteiger partial charge in [-0.1, -0.05) is 38.0 Å². The highest BCUT2D eigenvalue weighted by Gasteiger charge is 2.29. The lowest BCUT2D eigenvalue weighted by Crippen LogP contribution is -3.15. The molecule has 1 aliphatic carbocycles. The molecule has 5 nitrogen and oxygen atoms in total. The zero-order valence-electron chi connectivity index (χ0n) is 16.8. The van der Waals surface area contributed by atoms with E-state index < -0.39 is 0 Å². The van der Waals surface area contributed by atoms with Gasteiger partial charge in [0, 0.05) is 11.7 Å². The Labute approximate surface area is 157 Å². The summed E-state index contributed by atoms with van der Waals surface area (Å²) in [5.74, 6) is 0.513. The van der Waals surface area contributed by atoms with Crippen molar-refractivity contribution < 1.29 is 14.5 Å². The molecule has 5 heteroatoms. The van der Waals surface area contributed by atoms with Gasteiger partial charge in [0.25, 0.3) is 11.8 Å². The van der Waals surface area contributed by atoms with Crippen molar-refractivity contribution in [3.8, 4) is 0 Å². The molecular formula is C21H34N3O2+. The van der Waals surface area contributed by atoms with Crippen LogP contribution in [0.25, 0.3) is 0 Å². The van der Waals surface area contributed by atoms with Gasteiger partial charge in [0.2, 0.25) is 0 Å². The van der Waals surface area contributed by atoms with Crippen LogP contribution in [-0.2, 0) is 9.59 Å². The zero-order chi connectivity index (χ0) is 19.3. The molecule has 1 aliphatic rings. The van der Waals surface area contributed by atoms with Crippen molar-refractivity contribution in [2.75, 3.05) is 18.9 Å². The van der Waals surface area contributed by atoms with Crippen LogP contribution in [0.5, 0.6) is 0 Å². The molecule has 0 aromatic heterocycles. The minimum absolute atomic E-state index is 0.0427. The number of likely N-dealkylation sites (N-methyl/N-ethyl adjacent to an activating group) is 1. The van der Waals surface area contributed by atoms with Gasteiger partial charge in [-0.3, -0.25) is 9.59 Å². The summed E-state index contributed by atoms with van der Waals surface area (Å²) >= 11 is 0. The van der Waals surface area contributed by atoms with Crippen LogP contribution >= 0.6 is 0 Å². The number of rotatable bonds is 6. The minimum Gasteiger partial charge on any atom is -0.348 e. The first kappa shape index (κ1) is 20.4. The van der Waals surface area contributed by atoms with Crippen molar-refractivity contribution in [3.63, 3.8) is 0 Å². The lowest BCUT2D eigenvalue weighted by molar-refractivity contribution is -0.885. The van der Waals surface area contributed by atoms with Crippen LogP contribution in [0.2, 0.25) is 0 Å². The third-order valence-corrected chi connectivity index (χ3v) is 5.76. The van der Waals surface area contributed by atoms with E-state index in [2.05, 4.69) is 17.6 Å². The van der Waals surface area contributed by atoms with E-state index in [1.54, 1.807) is 0 Å². The van der Waals surface area contributed by atoms with Gasteiger partial charge >= 0.3 is 0 Å². The summed E-state index contributed by atoms with van der Waals surface area (Å²) in [7, 11) is 1.90. The molecule has 4 atom stereocenters. The summed E-state index contributed by atoms with van der Waals surface area (Å²) in [5.41, 5.74) is 2.97. The Kier molecular flexibility index (Phi) is 7.21. The predicted octanol–water partition coefficient (Wildman–Crippen LogP) is 1.84. The monoisotopic (exact) mass is 360 g/mol. The number of para-hydroxylation sites is 1. The summed E-state index contributed by atoms with van der Waals surface area (Å²) in [5, 5.41) is 6.20. The van der Waals surface area contributed by atoms with Crippen molar-refractivity contribution in [1.29, 1.82) is 0 Å². The van der Waals surface area contributed by atoms with Gasteiger partial charge in [-0.15, -0.1) is 0 Å². The van der Waals surface area contributed by atoms with Gasteiger partial charge in [-0.2, -0.15) is 0 Å². The lowest BCUT2D eigenvalue weighted by atomic mass is 9.86. The van der Waals surface area contributed by atoms with Crippen molar-refractivity contribution in [3.05, 3.63) is 29.3 Å². The van der Waals surface area contributed by atoms with E-state index in [4.69, 9.17) is 0 Å². The van der Waals surface area contributed by atoms with E-state index in [-0.39, 0.29) is 30.4 Å². The van der Waals surface area contributed by atoms with E-state index in [1.807, 2.05) is 46.0 Å². The number of quaternary nitrogens is 1. The molecule has 26 heavy (non-hydrogen) atoms. The van der Waals surface area contributed by atoms with Gasteiger partial charge in [0.05, 0.1) is 7.05 Å². The molecule has 0 spiro atoms. The average Bonchev–Trinajstić information content (AvgIpc) is 2.59. The van der Waals surface area contributed by atoms with Crippen LogP contribution in [-0.4, -0.2) is 37.5 Å². The fourth-order valence-corrected chi connectivity index (χ4v) is 3.66. The molecule has 1 fully saturated rings. The van der Waals surface area contributed by atoms with Crippen molar-refractivity contribution in [2.24, 2.45) is 5.92 Å². The Morgan fingerprint density at radius 2 is 1.81 bits per heavy atom. The quantitative estimate of drug-likeness (QED) is 0.725. The Morgan fingerprint density at radius 3 is 2.42 bits per heavy atom. The van der Waals surface area contributed by atoms with Gasteiger partial charge in [-0.05, 0) is 50.7 Å². The van der Waals surface area contributed by atoms with E-state index >= 15 is 0 Å². The van der Waals surface area contributed by atoms with Crippen LogP contribution in [0.4, 0.5) is 5.69 Å². The predicted molar refractivity (Wildman–Crippen MR) is 105 cm³/mol. The van der Waals surface area contributed by atoms with Crippen LogP contribution in [0.3, 0.4) is 0 Å². The lowest BCUT2D eigenvalue weighted by Gasteiger charge is -2.31. The molecule has 0 saturated heterocycles. The first-order valence-corrected chi connectivity index (χ1v) is 9.78. The van der Waals surface area contributed by atoms with E-state index in [0.29, 0.717) is 5.92 Å². The van der Waals surface area contributed by atoms with Crippen molar-refractivity contribution >= 4 is 17.5 Å². The first-order valence-electron chi connectivity index (χ1n) is 9.78. The number of carbonyl (C=O) groups excluding carboxylic acids is 2.